The van der Waals surface area contributed by atoms with E-state index in [1.54, 1.807) is 0 Å². The van der Waals surface area contributed by atoms with Crippen molar-refractivity contribution in [3.8, 4) is 11.4 Å². The molecule has 2 nitrogen and oxygen atoms in total. The number of aromatic nitrogens is 2. The van der Waals surface area contributed by atoms with E-state index in [0.29, 0.717) is 0 Å². The van der Waals surface area contributed by atoms with Crippen LogP contribution in [0.25, 0.3) is 33.2 Å². The Kier molecular flexibility index (Phi) is 3.75. The van der Waals surface area contributed by atoms with E-state index in [0.717, 1.165) is 23.4 Å². The molecule has 0 amide bonds. The minimum Gasteiger partial charge on any atom is -0.319 e. The summed E-state index contributed by atoms with van der Waals surface area (Å²) in [5.74, 6) is 1.02. The Balaban J connectivity index is 1.73. The molecule has 5 rings (SSSR count). The zero-order valence-electron chi connectivity index (χ0n) is 15.3. The van der Waals surface area contributed by atoms with Gasteiger partial charge in [0.1, 0.15) is 5.82 Å². The van der Waals surface area contributed by atoms with E-state index >= 15 is 0 Å². The second-order valence-electron chi connectivity index (χ2n) is 7.06. The molecular weight excluding hydrogens is 328 g/mol. The van der Waals surface area contributed by atoms with Crippen molar-refractivity contribution in [3.05, 3.63) is 102 Å². The SMILES string of the molecule is Cc1ccc2c(c1)nc(-c1ccc3ccccc3c1)n2Cc1ccccc1. The highest BCUT2D eigenvalue weighted by Crippen LogP contribution is 2.29. The molecule has 4 aromatic carbocycles. The maximum atomic E-state index is 5.01. The molecule has 0 aliphatic carbocycles. The first-order valence-corrected chi connectivity index (χ1v) is 9.28. The third kappa shape index (κ3) is 2.89. The van der Waals surface area contributed by atoms with E-state index in [9.17, 15) is 0 Å². The average molecular weight is 348 g/mol. The van der Waals surface area contributed by atoms with Gasteiger partial charge in [0.2, 0.25) is 0 Å². The van der Waals surface area contributed by atoms with Crippen LogP contribution >= 0.6 is 0 Å². The van der Waals surface area contributed by atoms with Crippen molar-refractivity contribution in [3.63, 3.8) is 0 Å². The number of benzene rings is 4. The maximum absolute atomic E-state index is 5.01. The summed E-state index contributed by atoms with van der Waals surface area (Å²) in [7, 11) is 0. The number of rotatable bonds is 3. The standard InChI is InChI=1S/C25H20N2/c1-18-11-14-24-23(15-18)26-25(27(24)17-19-7-3-2-4-8-19)22-13-12-20-9-5-6-10-21(20)16-22/h2-16H,17H2,1H3. The average Bonchev–Trinajstić information content (AvgIpc) is 3.06. The fourth-order valence-electron chi connectivity index (χ4n) is 3.71. The smallest absolute Gasteiger partial charge is 0.141 e. The van der Waals surface area contributed by atoms with Crippen LogP contribution < -0.4 is 0 Å². The van der Waals surface area contributed by atoms with Gasteiger partial charge in [0, 0.05) is 12.1 Å². The van der Waals surface area contributed by atoms with Crippen molar-refractivity contribution in [2.75, 3.05) is 0 Å². The first-order chi connectivity index (χ1) is 13.3. The lowest BCUT2D eigenvalue weighted by atomic mass is 10.1. The quantitative estimate of drug-likeness (QED) is 0.379. The van der Waals surface area contributed by atoms with E-state index in [2.05, 4.69) is 102 Å². The topological polar surface area (TPSA) is 17.8 Å². The molecule has 27 heavy (non-hydrogen) atoms. The lowest BCUT2D eigenvalue weighted by molar-refractivity contribution is 0.834. The van der Waals surface area contributed by atoms with Crippen molar-refractivity contribution in [1.82, 2.24) is 9.55 Å². The molecule has 0 atom stereocenters. The van der Waals surface area contributed by atoms with Crippen LogP contribution in [0.1, 0.15) is 11.1 Å². The van der Waals surface area contributed by atoms with Gasteiger partial charge in [-0.05, 0) is 47.0 Å². The van der Waals surface area contributed by atoms with Gasteiger partial charge in [0.15, 0.2) is 0 Å². The Morgan fingerprint density at radius 2 is 1.52 bits per heavy atom. The van der Waals surface area contributed by atoms with Gasteiger partial charge in [-0.2, -0.15) is 0 Å². The Labute approximate surface area is 158 Å². The Hall–Kier alpha value is -3.39. The van der Waals surface area contributed by atoms with Gasteiger partial charge >= 0.3 is 0 Å². The monoisotopic (exact) mass is 348 g/mol. The van der Waals surface area contributed by atoms with Crippen LogP contribution in [0.5, 0.6) is 0 Å². The summed E-state index contributed by atoms with van der Waals surface area (Å²) in [6, 6.07) is 32.2. The van der Waals surface area contributed by atoms with Gasteiger partial charge in [-0.15, -0.1) is 0 Å². The molecule has 0 saturated carbocycles. The molecule has 130 valence electrons. The van der Waals surface area contributed by atoms with Crippen LogP contribution in [0.4, 0.5) is 0 Å². The molecule has 1 heterocycles. The molecule has 0 aliphatic heterocycles. The Morgan fingerprint density at radius 1 is 0.741 bits per heavy atom. The summed E-state index contributed by atoms with van der Waals surface area (Å²) < 4.78 is 2.33. The summed E-state index contributed by atoms with van der Waals surface area (Å²) in [5.41, 5.74) is 5.89. The number of fused-ring (bicyclic) bond motifs is 2. The van der Waals surface area contributed by atoms with Crippen molar-refractivity contribution >= 4 is 21.8 Å². The molecular formula is C25H20N2. The largest absolute Gasteiger partial charge is 0.319 e. The van der Waals surface area contributed by atoms with E-state index in [1.165, 1.54) is 27.4 Å². The molecule has 0 unspecified atom stereocenters. The van der Waals surface area contributed by atoms with Crippen LogP contribution in [-0.4, -0.2) is 9.55 Å². The maximum Gasteiger partial charge on any atom is 0.141 e. The van der Waals surface area contributed by atoms with Crippen LogP contribution in [0.15, 0.2) is 91.0 Å². The van der Waals surface area contributed by atoms with Crippen molar-refractivity contribution in [2.45, 2.75) is 13.5 Å². The van der Waals surface area contributed by atoms with Crippen LogP contribution in [0, 0.1) is 6.92 Å². The number of nitrogens with zero attached hydrogens (tertiary/aromatic N) is 2. The normalized spacial score (nSPS) is 11.3. The molecule has 0 fully saturated rings. The number of imidazole rings is 1. The highest BCUT2D eigenvalue weighted by molar-refractivity contribution is 5.88. The zero-order valence-corrected chi connectivity index (χ0v) is 15.3. The summed E-state index contributed by atoms with van der Waals surface area (Å²) in [4.78, 5) is 5.01. The molecule has 0 bridgehead atoms. The molecule has 0 spiro atoms. The van der Waals surface area contributed by atoms with Crippen molar-refractivity contribution < 1.29 is 0 Å². The summed E-state index contributed by atoms with van der Waals surface area (Å²) in [6.07, 6.45) is 0. The zero-order chi connectivity index (χ0) is 18.2. The highest BCUT2D eigenvalue weighted by Gasteiger charge is 2.13. The molecule has 5 aromatic rings. The fraction of sp³-hybridized carbons (Fsp3) is 0.0800. The molecule has 0 N–H and O–H groups in total. The van der Waals surface area contributed by atoms with E-state index in [-0.39, 0.29) is 0 Å². The number of aryl methyl sites for hydroxylation is 1. The predicted molar refractivity (Wildman–Crippen MR) is 113 cm³/mol. The van der Waals surface area contributed by atoms with Crippen molar-refractivity contribution in [1.29, 1.82) is 0 Å². The van der Waals surface area contributed by atoms with Crippen LogP contribution in [0.2, 0.25) is 0 Å². The van der Waals surface area contributed by atoms with Gasteiger partial charge in [0.05, 0.1) is 11.0 Å². The van der Waals surface area contributed by atoms with E-state index in [1.807, 2.05) is 0 Å². The fourth-order valence-corrected chi connectivity index (χ4v) is 3.71. The summed E-state index contributed by atoms with van der Waals surface area (Å²) >= 11 is 0. The number of hydrogen-bond acceptors (Lipinski definition) is 1. The third-order valence-corrected chi connectivity index (χ3v) is 5.09. The van der Waals surface area contributed by atoms with Gasteiger partial charge in [-0.1, -0.05) is 72.8 Å². The molecule has 2 heteroatoms. The highest BCUT2D eigenvalue weighted by atomic mass is 15.1. The second-order valence-corrected chi connectivity index (χ2v) is 7.06. The van der Waals surface area contributed by atoms with Gasteiger partial charge < -0.3 is 4.57 Å². The van der Waals surface area contributed by atoms with Crippen LogP contribution in [0.3, 0.4) is 0 Å². The molecule has 1 aromatic heterocycles. The minimum absolute atomic E-state index is 0.808. The second kappa shape index (κ2) is 6.40. The van der Waals surface area contributed by atoms with Crippen molar-refractivity contribution in [2.24, 2.45) is 0 Å². The lowest BCUT2D eigenvalue weighted by Crippen LogP contribution is -2.02. The lowest BCUT2D eigenvalue weighted by Gasteiger charge is -2.10. The van der Waals surface area contributed by atoms with Gasteiger partial charge in [0.25, 0.3) is 0 Å². The Bertz CT molecular complexity index is 1250. The van der Waals surface area contributed by atoms with E-state index in [4.69, 9.17) is 4.98 Å². The Morgan fingerprint density at radius 3 is 2.37 bits per heavy atom. The first kappa shape index (κ1) is 15.8. The summed E-state index contributed by atoms with van der Waals surface area (Å²) in [6.45, 7) is 2.92. The first-order valence-electron chi connectivity index (χ1n) is 9.28. The number of hydrogen-bond donors (Lipinski definition) is 0. The predicted octanol–water partition coefficient (Wildman–Crippen LogP) is 6.21. The summed E-state index contributed by atoms with van der Waals surface area (Å²) in [5, 5.41) is 2.49. The molecule has 0 aliphatic rings. The minimum atomic E-state index is 0.808. The van der Waals surface area contributed by atoms with Gasteiger partial charge in [-0.25, -0.2) is 4.98 Å². The van der Waals surface area contributed by atoms with E-state index < -0.39 is 0 Å². The third-order valence-electron chi connectivity index (χ3n) is 5.09. The van der Waals surface area contributed by atoms with Gasteiger partial charge in [-0.3, -0.25) is 0 Å². The molecule has 0 radical (unpaired) electrons. The van der Waals surface area contributed by atoms with Crippen LogP contribution in [-0.2, 0) is 6.54 Å². The molecule has 0 saturated heterocycles.